The molecule has 28 heavy (non-hydrogen) atoms. The summed E-state index contributed by atoms with van der Waals surface area (Å²) in [6, 6.07) is 5.30. The summed E-state index contributed by atoms with van der Waals surface area (Å²) in [5.74, 6) is -3.14. The van der Waals surface area contributed by atoms with Crippen molar-refractivity contribution in [3.05, 3.63) is 47.0 Å². The second kappa shape index (κ2) is 9.27. The highest BCUT2D eigenvalue weighted by Gasteiger charge is 2.31. The Morgan fingerprint density at radius 2 is 1.93 bits per heavy atom. The number of carbonyl (C=O) groups excluding carboxylic acids is 3. The molecule has 0 aliphatic heterocycles. The number of aryl methyl sites for hydroxylation is 1. The van der Waals surface area contributed by atoms with Crippen molar-refractivity contribution in [3.8, 4) is 11.1 Å². The number of hydrogen-bond donors (Lipinski definition) is 2. The third-order valence-electron chi connectivity index (χ3n) is 4.04. The Kier molecular flexibility index (Phi) is 7.06. The molecule has 1 amide bonds. The molecule has 2 aromatic rings. The van der Waals surface area contributed by atoms with Crippen LogP contribution in [0.15, 0.2) is 24.3 Å². The average Bonchev–Trinajstić information content (AvgIpc) is 2.98. The number of ether oxygens (including phenoxy) is 2. The Bertz CT molecular complexity index is 891. The molecular formula is C20H23FN2O5. The number of Topliss-reactive ketones (excluding diaryl/α,β-unsaturated/α-hetero) is 1. The standard InChI is InChI=1S/C20H23FN2O5/c1-5-28-20(26)15-12(3)23-17(16(15)13-8-6-7-9-14(13)21)18(24)19(25)22-11(2)10-27-4/h6-9,11,23H,5,10H2,1-4H3,(H,22,25)/t11-/m1/s1. The fraction of sp³-hybridized carbons (Fsp3) is 0.350. The van der Waals surface area contributed by atoms with Gasteiger partial charge in [-0.25, -0.2) is 9.18 Å². The van der Waals surface area contributed by atoms with Gasteiger partial charge in [-0.3, -0.25) is 9.59 Å². The first-order valence-electron chi connectivity index (χ1n) is 8.80. The quantitative estimate of drug-likeness (QED) is 0.410. The molecule has 0 bridgehead atoms. The van der Waals surface area contributed by atoms with E-state index in [1.165, 1.54) is 25.3 Å². The van der Waals surface area contributed by atoms with Crippen LogP contribution >= 0.6 is 0 Å². The van der Waals surface area contributed by atoms with Gasteiger partial charge in [-0.2, -0.15) is 0 Å². The fourth-order valence-corrected chi connectivity index (χ4v) is 2.88. The lowest BCUT2D eigenvalue weighted by Gasteiger charge is -2.12. The van der Waals surface area contributed by atoms with Crippen molar-refractivity contribution < 1.29 is 28.2 Å². The summed E-state index contributed by atoms with van der Waals surface area (Å²) in [5.41, 5.74) is 0.184. The summed E-state index contributed by atoms with van der Waals surface area (Å²) < 4.78 is 24.5. The van der Waals surface area contributed by atoms with Gasteiger partial charge in [0.25, 0.3) is 11.7 Å². The number of hydrogen-bond acceptors (Lipinski definition) is 5. The van der Waals surface area contributed by atoms with Crippen LogP contribution in [-0.4, -0.2) is 49.0 Å². The van der Waals surface area contributed by atoms with E-state index < -0.39 is 29.5 Å². The van der Waals surface area contributed by atoms with Crippen molar-refractivity contribution >= 4 is 17.7 Å². The topological polar surface area (TPSA) is 97.5 Å². The number of aromatic amines is 1. The van der Waals surface area contributed by atoms with Gasteiger partial charge >= 0.3 is 5.97 Å². The molecule has 7 nitrogen and oxygen atoms in total. The van der Waals surface area contributed by atoms with E-state index in [4.69, 9.17) is 9.47 Å². The highest BCUT2D eigenvalue weighted by Crippen LogP contribution is 2.33. The molecule has 0 saturated carbocycles. The molecule has 0 aliphatic carbocycles. The minimum Gasteiger partial charge on any atom is -0.462 e. The van der Waals surface area contributed by atoms with Gasteiger partial charge in [-0.15, -0.1) is 0 Å². The van der Waals surface area contributed by atoms with Crippen LogP contribution in [-0.2, 0) is 14.3 Å². The number of ketones is 1. The molecule has 2 N–H and O–H groups in total. The Morgan fingerprint density at radius 3 is 2.54 bits per heavy atom. The predicted molar refractivity (Wildman–Crippen MR) is 101 cm³/mol. The monoisotopic (exact) mass is 390 g/mol. The fourth-order valence-electron chi connectivity index (χ4n) is 2.88. The van der Waals surface area contributed by atoms with Crippen LogP contribution in [0.5, 0.6) is 0 Å². The van der Waals surface area contributed by atoms with Gasteiger partial charge in [-0.1, -0.05) is 18.2 Å². The molecule has 0 fully saturated rings. The lowest BCUT2D eigenvalue weighted by molar-refractivity contribution is -0.117. The highest BCUT2D eigenvalue weighted by atomic mass is 19.1. The van der Waals surface area contributed by atoms with Crippen LogP contribution < -0.4 is 5.32 Å². The van der Waals surface area contributed by atoms with E-state index in [1.807, 2.05) is 0 Å². The zero-order chi connectivity index (χ0) is 20.8. The first kappa shape index (κ1) is 21.3. The summed E-state index contributed by atoms with van der Waals surface area (Å²) in [7, 11) is 1.47. The van der Waals surface area contributed by atoms with Gasteiger partial charge in [0.05, 0.1) is 18.8 Å². The van der Waals surface area contributed by atoms with E-state index in [2.05, 4.69) is 10.3 Å². The molecule has 0 unspecified atom stereocenters. The Hall–Kier alpha value is -3.00. The predicted octanol–water partition coefficient (Wildman–Crippen LogP) is 2.64. The lowest BCUT2D eigenvalue weighted by Crippen LogP contribution is -2.40. The number of esters is 1. The minimum atomic E-state index is -0.917. The Balaban J connectivity index is 2.57. The molecule has 150 valence electrons. The number of halogens is 1. The largest absolute Gasteiger partial charge is 0.462 e. The van der Waals surface area contributed by atoms with Gasteiger partial charge in [-0.05, 0) is 26.8 Å². The summed E-state index contributed by atoms with van der Waals surface area (Å²) in [5, 5.41) is 2.51. The molecule has 0 spiro atoms. The lowest BCUT2D eigenvalue weighted by atomic mass is 9.97. The third kappa shape index (κ3) is 4.45. The molecule has 8 heteroatoms. The number of methoxy groups -OCH3 is 1. The molecule has 1 heterocycles. The van der Waals surface area contributed by atoms with Gasteiger partial charge < -0.3 is 19.8 Å². The summed E-state index contributed by atoms with van der Waals surface area (Å²) in [6.07, 6.45) is 0. The second-order valence-electron chi connectivity index (χ2n) is 6.23. The molecule has 1 aromatic carbocycles. The maximum Gasteiger partial charge on any atom is 0.340 e. The maximum atomic E-state index is 14.5. The summed E-state index contributed by atoms with van der Waals surface area (Å²) in [6.45, 7) is 5.20. The van der Waals surface area contributed by atoms with Crippen molar-refractivity contribution in [2.45, 2.75) is 26.8 Å². The normalized spacial score (nSPS) is 11.8. The number of amides is 1. The van der Waals surface area contributed by atoms with E-state index in [1.54, 1.807) is 26.8 Å². The zero-order valence-electron chi connectivity index (χ0n) is 16.2. The van der Waals surface area contributed by atoms with E-state index in [-0.39, 0.29) is 35.6 Å². The van der Waals surface area contributed by atoms with Crippen molar-refractivity contribution in [3.63, 3.8) is 0 Å². The Morgan fingerprint density at radius 1 is 1.25 bits per heavy atom. The van der Waals surface area contributed by atoms with Crippen LogP contribution in [0.3, 0.4) is 0 Å². The van der Waals surface area contributed by atoms with Crippen LogP contribution in [0.4, 0.5) is 4.39 Å². The average molecular weight is 390 g/mol. The molecule has 1 aromatic heterocycles. The second-order valence-corrected chi connectivity index (χ2v) is 6.23. The number of benzene rings is 1. The molecule has 0 aliphatic rings. The number of carbonyl (C=O) groups is 3. The van der Waals surface area contributed by atoms with Crippen molar-refractivity contribution in [1.29, 1.82) is 0 Å². The smallest absolute Gasteiger partial charge is 0.340 e. The van der Waals surface area contributed by atoms with E-state index >= 15 is 0 Å². The van der Waals surface area contributed by atoms with Crippen LogP contribution in [0.1, 0.15) is 40.4 Å². The van der Waals surface area contributed by atoms with Crippen molar-refractivity contribution in [2.24, 2.45) is 0 Å². The number of nitrogens with one attached hydrogen (secondary N) is 2. The van der Waals surface area contributed by atoms with Gasteiger partial charge in [0, 0.05) is 30.0 Å². The first-order chi connectivity index (χ1) is 13.3. The number of H-pyrrole nitrogens is 1. The number of rotatable bonds is 8. The van der Waals surface area contributed by atoms with E-state index in [0.717, 1.165) is 0 Å². The van der Waals surface area contributed by atoms with E-state index in [9.17, 15) is 18.8 Å². The minimum absolute atomic E-state index is 0.00796. The molecule has 1 atom stereocenters. The highest BCUT2D eigenvalue weighted by molar-refractivity contribution is 6.44. The maximum absolute atomic E-state index is 14.5. The van der Waals surface area contributed by atoms with Crippen LogP contribution in [0.25, 0.3) is 11.1 Å². The summed E-state index contributed by atoms with van der Waals surface area (Å²) in [4.78, 5) is 40.3. The molecular weight excluding hydrogens is 367 g/mol. The first-order valence-corrected chi connectivity index (χ1v) is 8.80. The van der Waals surface area contributed by atoms with Gasteiger partial charge in [0.1, 0.15) is 11.5 Å². The van der Waals surface area contributed by atoms with Gasteiger partial charge in [0.15, 0.2) is 0 Å². The van der Waals surface area contributed by atoms with Crippen molar-refractivity contribution in [1.82, 2.24) is 10.3 Å². The van der Waals surface area contributed by atoms with Crippen molar-refractivity contribution in [2.75, 3.05) is 20.3 Å². The number of aromatic nitrogens is 1. The molecule has 0 saturated heterocycles. The third-order valence-corrected chi connectivity index (χ3v) is 4.04. The SMILES string of the molecule is CCOC(=O)c1c(C)[nH]c(C(=O)C(=O)N[C@H](C)COC)c1-c1ccccc1F. The van der Waals surface area contributed by atoms with E-state index in [0.29, 0.717) is 5.69 Å². The molecule has 0 radical (unpaired) electrons. The zero-order valence-corrected chi connectivity index (χ0v) is 16.2. The van der Waals surface area contributed by atoms with Crippen LogP contribution in [0, 0.1) is 12.7 Å². The van der Waals surface area contributed by atoms with Gasteiger partial charge in [0.2, 0.25) is 0 Å². The summed E-state index contributed by atoms with van der Waals surface area (Å²) >= 11 is 0. The Labute approximate surface area is 162 Å². The molecule has 2 rings (SSSR count). The van der Waals surface area contributed by atoms with Crippen LogP contribution in [0.2, 0.25) is 0 Å².